The van der Waals surface area contributed by atoms with Crippen molar-refractivity contribution < 1.29 is 14.7 Å². The smallest absolute Gasteiger partial charge is 0.315 e. The summed E-state index contributed by atoms with van der Waals surface area (Å²) in [6.07, 6.45) is 9.05. The first-order valence-corrected chi connectivity index (χ1v) is 8.40. The Bertz CT molecular complexity index is 365. The number of urea groups is 1. The summed E-state index contributed by atoms with van der Waals surface area (Å²) in [4.78, 5) is 23.3. The number of hydrogen-bond acceptors (Lipinski definition) is 2. The van der Waals surface area contributed by atoms with Gasteiger partial charge in [0.1, 0.15) is 0 Å². The van der Waals surface area contributed by atoms with Crippen LogP contribution < -0.4 is 10.6 Å². The average molecular weight is 296 g/mol. The Labute approximate surface area is 126 Å². The molecule has 2 fully saturated rings. The minimum Gasteiger partial charge on any atom is -0.481 e. The molecule has 0 spiro atoms. The summed E-state index contributed by atoms with van der Waals surface area (Å²) in [5.74, 6) is -0.412. The standard InChI is InChI=1S/C16H28N2O3/c1-2-11-7-9-12(10-8-11)17-16(21)18-14-6-4-3-5-13(14)15(19)20/h11-14H,2-10H2,1H3,(H,19,20)(H2,17,18,21). The number of carboxylic acids is 1. The third-order valence-corrected chi connectivity index (χ3v) is 5.16. The van der Waals surface area contributed by atoms with E-state index < -0.39 is 11.9 Å². The number of amides is 2. The normalized spacial score (nSPS) is 33.2. The van der Waals surface area contributed by atoms with E-state index in [1.165, 1.54) is 19.3 Å². The van der Waals surface area contributed by atoms with E-state index in [1.54, 1.807) is 0 Å². The van der Waals surface area contributed by atoms with E-state index in [-0.39, 0.29) is 18.1 Å². The van der Waals surface area contributed by atoms with Gasteiger partial charge in [-0.05, 0) is 44.4 Å². The summed E-state index contributed by atoms with van der Waals surface area (Å²) >= 11 is 0. The minimum atomic E-state index is -0.788. The lowest BCUT2D eigenvalue weighted by molar-refractivity contribution is -0.143. The van der Waals surface area contributed by atoms with Crippen molar-refractivity contribution >= 4 is 12.0 Å². The molecule has 0 aromatic rings. The van der Waals surface area contributed by atoms with Gasteiger partial charge in [0.25, 0.3) is 0 Å². The summed E-state index contributed by atoms with van der Waals surface area (Å²) in [5.41, 5.74) is 0. The number of hydrogen-bond donors (Lipinski definition) is 3. The van der Waals surface area contributed by atoms with Gasteiger partial charge in [0.2, 0.25) is 0 Å². The van der Waals surface area contributed by atoms with Crippen molar-refractivity contribution in [3.63, 3.8) is 0 Å². The average Bonchev–Trinajstić information content (AvgIpc) is 2.48. The number of nitrogens with one attached hydrogen (secondary N) is 2. The van der Waals surface area contributed by atoms with Crippen molar-refractivity contribution in [2.45, 2.75) is 76.8 Å². The van der Waals surface area contributed by atoms with Crippen LogP contribution in [-0.4, -0.2) is 29.2 Å². The number of carboxylic acid groups (broad SMARTS) is 1. The maximum atomic E-state index is 12.1. The second-order valence-electron chi connectivity index (χ2n) is 6.58. The lowest BCUT2D eigenvalue weighted by Gasteiger charge is -2.32. The lowest BCUT2D eigenvalue weighted by atomic mass is 9.84. The molecule has 2 rings (SSSR count). The molecule has 2 atom stereocenters. The SMILES string of the molecule is CCC1CCC(NC(=O)NC2CCCCC2C(=O)O)CC1. The van der Waals surface area contributed by atoms with Gasteiger partial charge < -0.3 is 15.7 Å². The number of carbonyl (C=O) groups excluding carboxylic acids is 1. The van der Waals surface area contributed by atoms with Crippen LogP contribution in [0.1, 0.15) is 64.7 Å². The zero-order chi connectivity index (χ0) is 15.2. The zero-order valence-electron chi connectivity index (χ0n) is 12.9. The molecule has 5 heteroatoms. The molecule has 5 nitrogen and oxygen atoms in total. The molecule has 0 bridgehead atoms. The summed E-state index contributed by atoms with van der Waals surface area (Å²) in [6.45, 7) is 2.22. The Morgan fingerprint density at radius 3 is 2.29 bits per heavy atom. The summed E-state index contributed by atoms with van der Waals surface area (Å²) in [5, 5.41) is 15.1. The van der Waals surface area contributed by atoms with Gasteiger partial charge in [-0.2, -0.15) is 0 Å². The fraction of sp³-hybridized carbons (Fsp3) is 0.875. The van der Waals surface area contributed by atoms with Crippen LogP contribution in [0, 0.1) is 11.8 Å². The molecule has 0 saturated heterocycles. The highest BCUT2D eigenvalue weighted by atomic mass is 16.4. The van der Waals surface area contributed by atoms with Crippen LogP contribution in [0.3, 0.4) is 0 Å². The second kappa shape index (κ2) is 7.66. The van der Waals surface area contributed by atoms with E-state index in [0.29, 0.717) is 6.42 Å². The monoisotopic (exact) mass is 296 g/mol. The molecular formula is C16H28N2O3. The molecule has 2 amide bonds. The third-order valence-electron chi connectivity index (χ3n) is 5.16. The second-order valence-corrected chi connectivity index (χ2v) is 6.58. The van der Waals surface area contributed by atoms with Crippen molar-refractivity contribution in [2.24, 2.45) is 11.8 Å². The van der Waals surface area contributed by atoms with E-state index in [4.69, 9.17) is 0 Å². The van der Waals surface area contributed by atoms with Crippen LogP contribution in [-0.2, 0) is 4.79 Å². The van der Waals surface area contributed by atoms with Gasteiger partial charge >= 0.3 is 12.0 Å². The summed E-state index contributed by atoms with van der Waals surface area (Å²) in [7, 11) is 0. The van der Waals surface area contributed by atoms with Gasteiger partial charge in [-0.25, -0.2) is 4.79 Å². The highest BCUT2D eigenvalue weighted by Crippen LogP contribution is 2.27. The van der Waals surface area contributed by atoms with Crippen molar-refractivity contribution in [2.75, 3.05) is 0 Å². The molecular weight excluding hydrogens is 268 g/mol. The van der Waals surface area contributed by atoms with Gasteiger partial charge in [0, 0.05) is 12.1 Å². The van der Waals surface area contributed by atoms with E-state index >= 15 is 0 Å². The number of aliphatic carboxylic acids is 1. The topological polar surface area (TPSA) is 78.4 Å². The Morgan fingerprint density at radius 1 is 1.00 bits per heavy atom. The van der Waals surface area contributed by atoms with Gasteiger partial charge in [-0.3, -0.25) is 4.79 Å². The largest absolute Gasteiger partial charge is 0.481 e. The molecule has 0 heterocycles. The molecule has 0 aliphatic heterocycles. The molecule has 2 saturated carbocycles. The van der Waals surface area contributed by atoms with Gasteiger partial charge in [0.15, 0.2) is 0 Å². The Kier molecular flexibility index (Phi) is 5.88. The maximum Gasteiger partial charge on any atom is 0.315 e. The van der Waals surface area contributed by atoms with Gasteiger partial charge in [-0.15, -0.1) is 0 Å². The lowest BCUT2D eigenvalue weighted by Crippen LogP contribution is -2.51. The maximum absolute atomic E-state index is 12.1. The van der Waals surface area contributed by atoms with Crippen LogP contribution >= 0.6 is 0 Å². The van der Waals surface area contributed by atoms with Gasteiger partial charge in [0.05, 0.1) is 5.92 Å². The van der Waals surface area contributed by atoms with Crippen LogP contribution in [0.2, 0.25) is 0 Å². The molecule has 120 valence electrons. The van der Waals surface area contributed by atoms with Crippen molar-refractivity contribution in [1.82, 2.24) is 10.6 Å². The highest BCUT2D eigenvalue weighted by molar-refractivity contribution is 5.77. The molecule has 2 aliphatic carbocycles. The van der Waals surface area contributed by atoms with E-state index in [9.17, 15) is 14.7 Å². The Balaban J connectivity index is 1.77. The summed E-state index contributed by atoms with van der Waals surface area (Å²) < 4.78 is 0. The molecule has 0 radical (unpaired) electrons. The van der Waals surface area contributed by atoms with Crippen LogP contribution in [0.25, 0.3) is 0 Å². The van der Waals surface area contributed by atoms with Crippen LogP contribution in [0.15, 0.2) is 0 Å². The zero-order valence-corrected chi connectivity index (χ0v) is 12.9. The van der Waals surface area contributed by atoms with E-state index in [2.05, 4.69) is 17.6 Å². The van der Waals surface area contributed by atoms with E-state index in [0.717, 1.165) is 38.0 Å². The fourth-order valence-corrected chi connectivity index (χ4v) is 3.71. The molecule has 2 unspecified atom stereocenters. The quantitative estimate of drug-likeness (QED) is 0.746. The predicted molar refractivity (Wildman–Crippen MR) is 81.1 cm³/mol. The van der Waals surface area contributed by atoms with Crippen molar-refractivity contribution in [3.05, 3.63) is 0 Å². The summed E-state index contributed by atoms with van der Waals surface area (Å²) in [6, 6.07) is -0.156. The van der Waals surface area contributed by atoms with Crippen molar-refractivity contribution in [1.29, 1.82) is 0 Å². The first-order chi connectivity index (χ1) is 10.1. The minimum absolute atomic E-state index is 0.187. The van der Waals surface area contributed by atoms with Crippen LogP contribution in [0.4, 0.5) is 4.79 Å². The fourth-order valence-electron chi connectivity index (χ4n) is 3.71. The molecule has 0 aromatic carbocycles. The van der Waals surface area contributed by atoms with E-state index in [1.807, 2.05) is 0 Å². The number of carbonyl (C=O) groups is 2. The Morgan fingerprint density at radius 2 is 1.67 bits per heavy atom. The predicted octanol–water partition coefficient (Wildman–Crippen LogP) is 2.90. The highest BCUT2D eigenvalue weighted by Gasteiger charge is 2.32. The molecule has 0 aromatic heterocycles. The molecule has 3 N–H and O–H groups in total. The van der Waals surface area contributed by atoms with Gasteiger partial charge in [-0.1, -0.05) is 26.2 Å². The first-order valence-electron chi connectivity index (χ1n) is 8.40. The Hall–Kier alpha value is -1.26. The van der Waals surface area contributed by atoms with Crippen LogP contribution in [0.5, 0.6) is 0 Å². The first kappa shape index (κ1) is 16.1. The molecule has 2 aliphatic rings. The van der Waals surface area contributed by atoms with Crippen molar-refractivity contribution in [3.8, 4) is 0 Å². The number of rotatable bonds is 4. The molecule has 21 heavy (non-hydrogen) atoms. The third kappa shape index (κ3) is 4.61.